The van der Waals surface area contributed by atoms with Crippen molar-refractivity contribution in [2.24, 2.45) is 0 Å². The van der Waals surface area contributed by atoms with Crippen molar-refractivity contribution in [3.63, 3.8) is 0 Å². The Morgan fingerprint density at radius 1 is 0.630 bits per heavy atom. The summed E-state index contributed by atoms with van der Waals surface area (Å²) in [5.41, 5.74) is 6.20. The number of hydrogen-bond donors (Lipinski definition) is 0. The molecule has 3 aromatic rings. The molecule has 0 bridgehead atoms. The van der Waals surface area contributed by atoms with Crippen molar-refractivity contribution in [1.82, 2.24) is 0 Å². The normalized spacial score (nSPS) is 13.6. The summed E-state index contributed by atoms with van der Waals surface area (Å²) in [6.45, 7) is 9.02. The Morgan fingerprint density at radius 3 is 1.56 bits per heavy atom. The van der Waals surface area contributed by atoms with Gasteiger partial charge in [0.25, 0.3) is 6.71 Å². The maximum Gasteiger partial charge on any atom is 0.260 e. The molecular weight excluding hydrogens is 331 g/mol. The highest BCUT2D eigenvalue weighted by Crippen LogP contribution is 2.35. The van der Waals surface area contributed by atoms with E-state index in [0.717, 1.165) is 28.5 Å². The smallest absolute Gasteiger partial charge is 0.260 e. The average Bonchev–Trinajstić information content (AvgIpc) is 2.66. The molecule has 0 unspecified atom stereocenters. The molecular formula is C24H23BO2. The van der Waals surface area contributed by atoms with Gasteiger partial charge in [-0.15, -0.1) is 0 Å². The number of rotatable bonds is 2. The third kappa shape index (κ3) is 2.49. The van der Waals surface area contributed by atoms with Gasteiger partial charge in [-0.3, -0.25) is 0 Å². The van der Waals surface area contributed by atoms with Crippen LogP contribution in [0.2, 0.25) is 0 Å². The van der Waals surface area contributed by atoms with E-state index in [1.54, 1.807) is 0 Å². The first-order valence-electron chi connectivity index (χ1n) is 9.79. The number of benzene rings is 3. The summed E-state index contributed by atoms with van der Waals surface area (Å²) in [4.78, 5) is 0. The molecule has 134 valence electrons. The van der Waals surface area contributed by atoms with Crippen LogP contribution < -0.4 is 25.9 Å². The third-order valence-corrected chi connectivity index (χ3v) is 5.79. The minimum Gasteiger partial charge on any atom is -0.458 e. The van der Waals surface area contributed by atoms with E-state index < -0.39 is 0 Å². The van der Waals surface area contributed by atoms with Gasteiger partial charge in [-0.2, -0.15) is 0 Å². The number of fused-ring (bicyclic) bond motifs is 4. The molecule has 0 saturated carbocycles. The molecule has 0 fully saturated rings. The van der Waals surface area contributed by atoms with Crippen LogP contribution >= 0.6 is 0 Å². The van der Waals surface area contributed by atoms with E-state index in [1.165, 1.54) is 22.1 Å². The van der Waals surface area contributed by atoms with E-state index in [1.807, 2.05) is 18.2 Å². The van der Waals surface area contributed by atoms with Gasteiger partial charge in [-0.25, -0.2) is 0 Å². The van der Waals surface area contributed by atoms with Crippen LogP contribution in [0.15, 0.2) is 54.6 Å². The highest BCUT2D eigenvalue weighted by molar-refractivity contribution is 6.98. The second-order valence-corrected chi connectivity index (χ2v) is 8.21. The lowest BCUT2D eigenvalue weighted by Gasteiger charge is -2.33. The van der Waals surface area contributed by atoms with Crippen LogP contribution in [0, 0.1) is 0 Å². The van der Waals surface area contributed by atoms with Gasteiger partial charge in [-0.1, -0.05) is 58.0 Å². The molecule has 3 aromatic carbocycles. The van der Waals surface area contributed by atoms with Gasteiger partial charge in [-0.05, 0) is 58.2 Å². The monoisotopic (exact) mass is 354 g/mol. The van der Waals surface area contributed by atoms with Crippen LogP contribution in [0.5, 0.6) is 23.0 Å². The second kappa shape index (κ2) is 5.92. The number of ether oxygens (including phenoxy) is 2. The fraction of sp³-hybridized carbons (Fsp3) is 0.250. The molecule has 0 atom stereocenters. The van der Waals surface area contributed by atoms with Crippen LogP contribution in [0.25, 0.3) is 0 Å². The van der Waals surface area contributed by atoms with Crippen LogP contribution in [0.3, 0.4) is 0 Å². The maximum atomic E-state index is 6.31. The Bertz CT molecular complexity index is 972. The lowest BCUT2D eigenvalue weighted by molar-refractivity contribution is 0.463. The van der Waals surface area contributed by atoms with Crippen LogP contribution in [0.4, 0.5) is 0 Å². The standard InChI is InChI=1S/C24H23BO2/c1-14(2)16-8-10-18-22(12-16)26-20-6-5-7-21-24(20)25(18)19-11-9-17(15(3)4)13-23(19)27-21/h5-15H,1-4H3. The van der Waals surface area contributed by atoms with Crippen LogP contribution in [-0.2, 0) is 0 Å². The quantitative estimate of drug-likeness (QED) is 0.429. The first kappa shape index (κ1) is 16.5. The van der Waals surface area contributed by atoms with Gasteiger partial charge in [0.1, 0.15) is 23.0 Å². The minimum atomic E-state index is 0.158. The molecule has 2 aliphatic rings. The zero-order valence-electron chi connectivity index (χ0n) is 16.2. The van der Waals surface area contributed by atoms with E-state index in [2.05, 4.69) is 64.1 Å². The van der Waals surface area contributed by atoms with E-state index in [4.69, 9.17) is 9.47 Å². The van der Waals surface area contributed by atoms with Gasteiger partial charge in [0.05, 0.1) is 0 Å². The van der Waals surface area contributed by atoms with Gasteiger partial charge in [0.2, 0.25) is 0 Å². The molecule has 0 N–H and O–H groups in total. The summed E-state index contributed by atoms with van der Waals surface area (Å²) in [6.07, 6.45) is 0. The second-order valence-electron chi connectivity index (χ2n) is 8.21. The van der Waals surface area contributed by atoms with Crippen molar-refractivity contribution in [1.29, 1.82) is 0 Å². The Morgan fingerprint density at radius 2 is 1.11 bits per heavy atom. The van der Waals surface area contributed by atoms with Crippen molar-refractivity contribution in [2.75, 3.05) is 0 Å². The molecule has 5 rings (SSSR count). The molecule has 2 heterocycles. The van der Waals surface area contributed by atoms with E-state index in [9.17, 15) is 0 Å². The number of hydrogen-bond acceptors (Lipinski definition) is 2. The molecule has 27 heavy (non-hydrogen) atoms. The lowest BCUT2D eigenvalue weighted by atomic mass is 9.35. The summed E-state index contributed by atoms with van der Waals surface area (Å²) >= 11 is 0. The van der Waals surface area contributed by atoms with Crippen molar-refractivity contribution in [3.8, 4) is 23.0 Å². The molecule has 0 amide bonds. The predicted molar refractivity (Wildman–Crippen MR) is 112 cm³/mol. The third-order valence-electron chi connectivity index (χ3n) is 5.79. The first-order chi connectivity index (χ1) is 13.0. The molecule has 3 heteroatoms. The largest absolute Gasteiger partial charge is 0.458 e. The fourth-order valence-corrected chi connectivity index (χ4v) is 4.18. The molecule has 2 nitrogen and oxygen atoms in total. The van der Waals surface area contributed by atoms with Gasteiger partial charge in [0, 0.05) is 5.46 Å². The highest BCUT2D eigenvalue weighted by Gasteiger charge is 2.40. The summed E-state index contributed by atoms with van der Waals surface area (Å²) in [6, 6.07) is 19.5. The molecule has 0 saturated heterocycles. The Labute approximate surface area is 161 Å². The summed E-state index contributed by atoms with van der Waals surface area (Å²) in [7, 11) is 0. The Kier molecular flexibility index (Phi) is 3.61. The topological polar surface area (TPSA) is 18.5 Å². The molecule has 2 aliphatic heterocycles. The molecule has 0 aromatic heterocycles. The van der Waals surface area contributed by atoms with Crippen molar-refractivity contribution in [3.05, 3.63) is 65.7 Å². The minimum absolute atomic E-state index is 0.158. The summed E-state index contributed by atoms with van der Waals surface area (Å²) < 4.78 is 12.6. The first-order valence-corrected chi connectivity index (χ1v) is 9.79. The van der Waals surface area contributed by atoms with Gasteiger partial charge < -0.3 is 9.47 Å². The molecule has 0 aliphatic carbocycles. The van der Waals surface area contributed by atoms with E-state index in [-0.39, 0.29) is 6.71 Å². The van der Waals surface area contributed by atoms with Crippen molar-refractivity contribution < 1.29 is 9.47 Å². The lowest BCUT2D eigenvalue weighted by Crippen LogP contribution is -2.57. The predicted octanol–water partition coefficient (Wildman–Crippen LogP) is 4.66. The summed E-state index contributed by atoms with van der Waals surface area (Å²) in [5.74, 6) is 4.70. The Hall–Kier alpha value is -2.68. The Balaban J connectivity index is 1.74. The fourth-order valence-electron chi connectivity index (χ4n) is 4.18. The highest BCUT2D eigenvalue weighted by atomic mass is 16.5. The van der Waals surface area contributed by atoms with E-state index in [0.29, 0.717) is 11.8 Å². The van der Waals surface area contributed by atoms with Crippen molar-refractivity contribution in [2.45, 2.75) is 39.5 Å². The zero-order chi connectivity index (χ0) is 18.7. The maximum absolute atomic E-state index is 6.31. The van der Waals surface area contributed by atoms with E-state index >= 15 is 0 Å². The van der Waals surface area contributed by atoms with Crippen molar-refractivity contribution >= 4 is 23.1 Å². The van der Waals surface area contributed by atoms with Crippen LogP contribution in [0.1, 0.15) is 50.7 Å². The average molecular weight is 354 g/mol. The molecule has 0 spiro atoms. The zero-order valence-corrected chi connectivity index (χ0v) is 16.2. The van der Waals surface area contributed by atoms with Gasteiger partial charge >= 0.3 is 0 Å². The SMILES string of the molecule is CC(C)c1ccc2c(c1)Oc1cccc3c1B2c1ccc(C(C)C)cc1O3. The van der Waals surface area contributed by atoms with Crippen LogP contribution in [-0.4, -0.2) is 6.71 Å². The molecule has 0 radical (unpaired) electrons. The van der Waals surface area contributed by atoms with Gasteiger partial charge in [0.15, 0.2) is 0 Å². The summed E-state index contributed by atoms with van der Waals surface area (Å²) in [5, 5.41) is 0.